The summed E-state index contributed by atoms with van der Waals surface area (Å²) in [7, 11) is 0. The lowest BCUT2D eigenvalue weighted by Crippen LogP contribution is -1.97. The Morgan fingerprint density at radius 2 is 1.44 bits per heavy atom. The second kappa shape index (κ2) is 12.2. The number of rotatable bonds is 6. The van der Waals surface area contributed by atoms with Crippen molar-refractivity contribution in [2.45, 2.75) is 33.6 Å². The third kappa shape index (κ3) is 9.69. The zero-order valence-corrected chi connectivity index (χ0v) is 10.7. The Balaban J connectivity index is 0.000000293. The molecule has 0 fully saturated rings. The summed E-state index contributed by atoms with van der Waals surface area (Å²) in [6.45, 7) is 8.00. The maximum atomic E-state index is 4.85. The minimum absolute atomic E-state index is 0.438. The number of hydrogen-bond acceptors (Lipinski definition) is 2. The van der Waals surface area contributed by atoms with E-state index in [9.17, 15) is 0 Å². The van der Waals surface area contributed by atoms with E-state index in [4.69, 9.17) is 9.47 Å². The van der Waals surface area contributed by atoms with Crippen molar-refractivity contribution in [2.24, 2.45) is 0 Å². The molecule has 0 heterocycles. The van der Waals surface area contributed by atoms with Crippen LogP contribution in [0, 0.1) is 0 Å². The zero-order chi connectivity index (χ0) is 12.1. The van der Waals surface area contributed by atoms with Crippen molar-refractivity contribution in [3.63, 3.8) is 0 Å². The van der Waals surface area contributed by atoms with Gasteiger partial charge < -0.3 is 9.47 Å². The normalized spacial score (nSPS) is 9.44. The van der Waals surface area contributed by atoms with Crippen LogP contribution in [-0.2, 0) is 15.9 Å². The van der Waals surface area contributed by atoms with Gasteiger partial charge in [-0.25, -0.2) is 0 Å². The second-order valence-corrected chi connectivity index (χ2v) is 3.34. The topological polar surface area (TPSA) is 18.5 Å². The number of benzene rings is 1. The molecule has 16 heavy (non-hydrogen) atoms. The first-order valence-corrected chi connectivity index (χ1v) is 6.04. The Morgan fingerprint density at radius 3 is 1.88 bits per heavy atom. The molecular weight excluding hydrogens is 200 g/mol. The van der Waals surface area contributed by atoms with Crippen LogP contribution in [0.4, 0.5) is 0 Å². The van der Waals surface area contributed by atoms with Gasteiger partial charge in [-0.1, -0.05) is 43.7 Å². The van der Waals surface area contributed by atoms with Gasteiger partial charge in [0.1, 0.15) is 6.79 Å². The van der Waals surface area contributed by atoms with Crippen molar-refractivity contribution in [3.05, 3.63) is 35.9 Å². The summed E-state index contributed by atoms with van der Waals surface area (Å²) in [5, 5.41) is 0. The molecule has 0 N–H and O–H groups in total. The van der Waals surface area contributed by atoms with Crippen LogP contribution in [0.3, 0.4) is 0 Å². The molecule has 0 spiro atoms. The highest BCUT2D eigenvalue weighted by Crippen LogP contribution is 2.00. The molecule has 0 bridgehead atoms. The molecule has 1 aromatic carbocycles. The third-order valence-electron chi connectivity index (χ3n) is 1.96. The van der Waals surface area contributed by atoms with E-state index in [2.05, 4.69) is 37.3 Å². The maximum absolute atomic E-state index is 4.85. The summed E-state index contributed by atoms with van der Waals surface area (Å²) < 4.78 is 9.70. The molecule has 1 rings (SSSR count). The van der Waals surface area contributed by atoms with Gasteiger partial charge in [0, 0.05) is 13.2 Å². The van der Waals surface area contributed by atoms with E-state index in [1.807, 2.05) is 13.8 Å². The van der Waals surface area contributed by atoms with E-state index in [1.54, 1.807) is 0 Å². The van der Waals surface area contributed by atoms with Crippen LogP contribution in [0.2, 0.25) is 0 Å². The fourth-order valence-corrected chi connectivity index (χ4v) is 1.16. The fourth-order valence-electron chi connectivity index (χ4n) is 1.16. The van der Waals surface area contributed by atoms with Crippen LogP contribution >= 0.6 is 0 Å². The Labute approximate surface area is 99.6 Å². The van der Waals surface area contributed by atoms with Crippen LogP contribution in [-0.4, -0.2) is 20.0 Å². The predicted octanol–water partition coefficient (Wildman–Crippen LogP) is 3.66. The summed E-state index contributed by atoms with van der Waals surface area (Å²) in [4.78, 5) is 0. The fraction of sp³-hybridized carbons (Fsp3) is 0.571. The number of hydrogen-bond donors (Lipinski definition) is 0. The lowest BCUT2D eigenvalue weighted by atomic mass is 10.1. The number of ether oxygens (including phenoxy) is 2. The van der Waals surface area contributed by atoms with Crippen LogP contribution in [0.5, 0.6) is 0 Å². The van der Waals surface area contributed by atoms with E-state index >= 15 is 0 Å². The molecule has 0 amide bonds. The molecule has 2 nitrogen and oxygen atoms in total. The molecule has 0 aliphatic rings. The van der Waals surface area contributed by atoms with Gasteiger partial charge in [0.25, 0.3) is 0 Å². The lowest BCUT2D eigenvalue weighted by Gasteiger charge is -1.97. The van der Waals surface area contributed by atoms with Gasteiger partial charge >= 0.3 is 0 Å². The van der Waals surface area contributed by atoms with Crippen LogP contribution < -0.4 is 0 Å². The second-order valence-electron chi connectivity index (χ2n) is 3.34. The quantitative estimate of drug-likeness (QED) is 0.542. The monoisotopic (exact) mass is 224 g/mol. The first-order chi connectivity index (χ1) is 7.85. The maximum Gasteiger partial charge on any atom is 0.146 e. The minimum Gasteiger partial charge on any atom is -0.356 e. The predicted molar refractivity (Wildman–Crippen MR) is 68.6 cm³/mol. The van der Waals surface area contributed by atoms with E-state index in [-0.39, 0.29) is 0 Å². The smallest absolute Gasteiger partial charge is 0.146 e. The van der Waals surface area contributed by atoms with Gasteiger partial charge in [-0.05, 0) is 25.8 Å². The minimum atomic E-state index is 0.438. The van der Waals surface area contributed by atoms with Gasteiger partial charge in [-0.15, -0.1) is 0 Å². The van der Waals surface area contributed by atoms with E-state index < -0.39 is 0 Å². The molecule has 0 aliphatic heterocycles. The molecule has 0 saturated heterocycles. The summed E-state index contributed by atoms with van der Waals surface area (Å²) >= 11 is 0. The number of aryl methyl sites for hydroxylation is 1. The van der Waals surface area contributed by atoms with Gasteiger partial charge in [0.05, 0.1) is 0 Å². The molecule has 0 aliphatic carbocycles. The first kappa shape index (κ1) is 15.1. The molecule has 0 saturated carbocycles. The summed E-state index contributed by atoms with van der Waals surface area (Å²) in [5.74, 6) is 0. The van der Waals surface area contributed by atoms with Crippen molar-refractivity contribution in [1.82, 2.24) is 0 Å². The molecule has 2 heteroatoms. The molecule has 0 aromatic heterocycles. The average molecular weight is 224 g/mol. The Hall–Kier alpha value is -0.860. The van der Waals surface area contributed by atoms with E-state index in [0.717, 1.165) is 13.2 Å². The SMILES string of the molecule is CCCc1ccccc1.CCOCOCC. The highest BCUT2D eigenvalue weighted by Gasteiger charge is 1.84. The first-order valence-electron chi connectivity index (χ1n) is 6.04. The Bertz CT molecular complexity index is 217. The van der Waals surface area contributed by atoms with Gasteiger partial charge in [0.2, 0.25) is 0 Å². The van der Waals surface area contributed by atoms with Crippen LogP contribution in [0.1, 0.15) is 32.8 Å². The van der Waals surface area contributed by atoms with Gasteiger partial charge in [-0.3, -0.25) is 0 Å². The van der Waals surface area contributed by atoms with Crippen LogP contribution in [0.15, 0.2) is 30.3 Å². The molecule has 0 radical (unpaired) electrons. The van der Waals surface area contributed by atoms with E-state index in [0.29, 0.717) is 6.79 Å². The van der Waals surface area contributed by atoms with Gasteiger partial charge in [0.15, 0.2) is 0 Å². The largest absolute Gasteiger partial charge is 0.356 e. The van der Waals surface area contributed by atoms with Crippen LogP contribution in [0.25, 0.3) is 0 Å². The zero-order valence-electron chi connectivity index (χ0n) is 10.7. The molecule has 0 unspecified atom stereocenters. The highest BCUT2D eigenvalue weighted by atomic mass is 16.7. The van der Waals surface area contributed by atoms with Crippen molar-refractivity contribution in [2.75, 3.05) is 20.0 Å². The van der Waals surface area contributed by atoms with Crippen molar-refractivity contribution in [3.8, 4) is 0 Å². The Morgan fingerprint density at radius 1 is 0.875 bits per heavy atom. The van der Waals surface area contributed by atoms with Crippen molar-refractivity contribution < 1.29 is 9.47 Å². The molecule has 92 valence electrons. The molecule has 0 atom stereocenters. The summed E-state index contributed by atoms with van der Waals surface area (Å²) in [5.41, 5.74) is 1.44. The van der Waals surface area contributed by atoms with Crippen molar-refractivity contribution >= 4 is 0 Å². The average Bonchev–Trinajstić information content (AvgIpc) is 2.32. The summed E-state index contributed by atoms with van der Waals surface area (Å²) in [6.07, 6.45) is 2.45. The standard InChI is InChI=1S/C9H12.C5H12O2/c1-2-6-9-7-4-3-5-8-9;1-3-6-5-7-4-2/h3-5,7-8H,2,6H2,1H3;3-5H2,1-2H3. The lowest BCUT2D eigenvalue weighted by molar-refractivity contribution is -0.0445. The van der Waals surface area contributed by atoms with Crippen molar-refractivity contribution in [1.29, 1.82) is 0 Å². The highest BCUT2D eigenvalue weighted by molar-refractivity contribution is 5.14. The molecule has 1 aromatic rings. The summed E-state index contributed by atoms with van der Waals surface area (Å²) in [6, 6.07) is 10.6. The van der Waals surface area contributed by atoms with E-state index in [1.165, 1.54) is 18.4 Å². The molecular formula is C14H24O2. The van der Waals surface area contributed by atoms with Gasteiger partial charge in [-0.2, -0.15) is 0 Å². The third-order valence-corrected chi connectivity index (χ3v) is 1.96. The Kier molecular flexibility index (Phi) is 11.6.